The van der Waals surface area contributed by atoms with Crippen LogP contribution >= 0.6 is 0 Å². The molecule has 0 amide bonds. The maximum Gasteiger partial charge on any atom is 0.286 e. The van der Waals surface area contributed by atoms with Crippen LogP contribution in [0.2, 0.25) is 0 Å². The maximum absolute atomic E-state index is 14.9. The number of hydrogen-bond donors (Lipinski definition) is 3. The number of Topliss-reactive ketones (excluding diaryl/α,β-unsaturated/α-hetero) is 2. The van der Waals surface area contributed by atoms with Gasteiger partial charge in [-0.3, -0.25) is 29.7 Å². The monoisotopic (exact) mass is 697 g/mol. The number of fused-ring (bicyclic) bond motifs is 2. The number of methoxy groups -OCH3 is 1. The van der Waals surface area contributed by atoms with Gasteiger partial charge in [-0.1, -0.05) is 45.0 Å². The van der Waals surface area contributed by atoms with E-state index in [1.807, 2.05) is 20.8 Å². The highest BCUT2D eigenvalue weighted by atomic mass is 32.2. The number of benzene rings is 3. The Kier molecular flexibility index (Phi) is 8.96. The third-order valence-corrected chi connectivity index (χ3v) is 10.2. The van der Waals surface area contributed by atoms with Crippen LogP contribution < -0.4 is 20.1 Å². The first-order chi connectivity index (χ1) is 22.3. The Morgan fingerprint density at radius 3 is 2.44 bits per heavy atom. The summed E-state index contributed by atoms with van der Waals surface area (Å²) < 4.78 is 62.0. The van der Waals surface area contributed by atoms with Gasteiger partial charge in [0.05, 0.1) is 24.0 Å². The molecule has 1 heterocycles. The Balaban J connectivity index is 1.64. The second-order valence-electron chi connectivity index (χ2n) is 12.9. The zero-order valence-corrected chi connectivity index (χ0v) is 28.5. The minimum Gasteiger partial charge on any atom is -0.496 e. The van der Waals surface area contributed by atoms with Crippen LogP contribution in [0.4, 0.5) is 17.1 Å². The summed E-state index contributed by atoms with van der Waals surface area (Å²) in [5.41, 5.74) is -1.05. The fourth-order valence-electron chi connectivity index (χ4n) is 5.91. The van der Waals surface area contributed by atoms with Crippen molar-refractivity contribution in [3.05, 3.63) is 87.5 Å². The quantitative estimate of drug-likeness (QED) is 0.154. The van der Waals surface area contributed by atoms with Gasteiger partial charge in [-0.2, -0.15) is 8.42 Å². The van der Waals surface area contributed by atoms with E-state index in [-0.39, 0.29) is 45.9 Å². The molecule has 5 rings (SSSR count). The van der Waals surface area contributed by atoms with Crippen LogP contribution in [0.5, 0.6) is 5.75 Å². The molecule has 0 spiro atoms. The fraction of sp³-hybridized carbons (Fsp3) is 0.344. The molecule has 0 saturated heterocycles. The maximum atomic E-state index is 14.9. The number of non-ortho nitro benzene ring substituents is 1. The number of amidine groups is 1. The number of hydrogen-bond acceptors (Lipinski definition) is 11. The van der Waals surface area contributed by atoms with E-state index in [4.69, 9.17) is 4.74 Å². The van der Waals surface area contributed by atoms with E-state index in [1.165, 1.54) is 37.4 Å². The van der Waals surface area contributed by atoms with E-state index >= 15 is 0 Å². The SMILES string of the molecule is COc1ccc([N+](=O)[O-])cc1CNC1(CCC(C)(C)C)C(=O)C(C2=NS(=O)(=O)c3cc(NS(C)(=O)=O)ccc3N2)C(=O)c2ccccc21. The van der Waals surface area contributed by atoms with Crippen LogP contribution in [0.3, 0.4) is 0 Å². The van der Waals surface area contributed by atoms with Crippen molar-refractivity contribution in [2.24, 2.45) is 15.7 Å². The Bertz CT molecular complexity index is 2090. The van der Waals surface area contributed by atoms with Gasteiger partial charge in [-0.25, -0.2) is 8.42 Å². The topological polar surface area (TPSA) is 203 Å². The molecule has 16 heteroatoms. The zero-order valence-electron chi connectivity index (χ0n) is 26.9. The van der Waals surface area contributed by atoms with Gasteiger partial charge in [0.25, 0.3) is 15.7 Å². The van der Waals surface area contributed by atoms with E-state index < -0.39 is 53.8 Å². The number of nitrogens with one attached hydrogen (secondary N) is 3. The zero-order chi connectivity index (χ0) is 35.2. The lowest BCUT2D eigenvalue weighted by molar-refractivity contribution is -0.384. The second kappa shape index (κ2) is 12.4. The largest absolute Gasteiger partial charge is 0.496 e. The Labute approximate surface area is 278 Å². The molecule has 48 heavy (non-hydrogen) atoms. The van der Waals surface area contributed by atoms with Crippen LogP contribution in [0, 0.1) is 21.4 Å². The first kappa shape index (κ1) is 34.7. The fourth-order valence-corrected chi connectivity index (χ4v) is 7.64. The van der Waals surface area contributed by atoms with Gasteiger partial charge in [-0.15, -0.1) is 4.40 Å². The summed E-state index contributed by atoms with van der Waals surface area (Å²) >= 11 is 0. The Morgan fingerprint density at radius 1 is 1.08 bits per heavy atom. The molecule has 2 unspecified atom stereocenters. The first-order valence-corrected chi connectivity index (χ1v) is 18.2. The van der Waals surface area contributed by atoms with Crippen molar-refractivity contribution >= 4 is 54.5 Å². The molecule has 2 aliphatic rings. The van der Waals surface area contributed by atoms with Crippen molar-refractivity contribution in [3.8, 4) is 5.75 Å². The van der Waals surface area contributed by atoms with Crippen molar-refractivity contribution in [1.82, 2.24) is 5.32 Å². The highest BCUT2D eigenvalue weighted by Gasteiger charge is 2.54. The lowest BCUT2D eigenvalue weighted by Gasteiger charge is -2.43. The lowest BCUT2D eigenvalue weighted by Crippen LogP contribution is -2.59. The first-order valence-electron chi connectivity index (χ1n) is 14.8. The third-order valence-electron chi connectivity index (χ3n) is 8.22. The number of nitro groups is 1. The summed E-state index contributed by atoms with van der Waals surface area (Å²) in [4.78, 5) is 39.7. The summed E-state index contributed by atoms with van der Waals surface area (Å²) in [7, 11) is -6.81. The van der Waals surface area contributed by atoms with E-state index in [1.54, 1.807) is 24.3 Å². The molecule has 0 bridgehead atoms. The summed E-state index contributed by atoms with van der Waals surface area (Å²) in [6.45, 7) is 5.91. The van der Waals surface area contributed by atoms with Crippen molar-refractivity contribution in [1.29, 1.82) is 0 Å². The number of carbonyl (C=O) groups is 2. The van der Waals surface area contributed by atoms with Gasteiger partial charge >= 0.3 is 0 Å². The summed E-state index contributed by atoms with van der Waals surface area (Å²) in [5, 5.41) is 17.8. The van der Waals surface area contributed by atoms with E-state index in [0.29, 0.717) is 23.3 Å². The highest BCUT2D eigenvalue weighted by molar-refractivity contribution is 7.92. The van der Waals surface area contributed by atoms with Gasteiger partial charge in [0.1, 0.15) is 27.9 Å². The molecule has 2 atom stereocenters. The van der Waals surface area contributed by atoms with Crippen LogP contribution in [-0.4, -0.2) is 52.5 Å². The highest BCUT2D eigenvalue weighted by Crippen LogP contribution is 2.43. The van der Waals surface area contributed by atoms with E-state index in [9.17, 15) is 36.5 Å². The Hall–Kier alpha value is -4.67. The van der Waals surface area contributed by atoms with Crippen LogP contribution in [-0.2, 0) is 36.9 Å². The molecular weight excluding hydrogens is 663 g/mol. The van der Waals surface area contributed by atoms with E-state index in [0.717, 1.165) is 12.3 Å². The number of rotatable bonds is 10. The Morgan fingerprint density at radius 2 is 1.79 bits per heavy atom. The van der Waals surface area contributed by atoms with Crippen molar-refractivity contribution in [2.75, 3.05) is 23.4 Å². The molecule has 3 N–H and O–H groups in total. The molecule has 1 aliphatic carbocycles. The van der Waals surface area contributed by atoms with Crippen molar-refractivity contribution < 1.29 is 36.1 Å². The van der Waals surface area contributed by atoms with Gasteiger partial charge in [0, 0.05) is 35.5 Å². The molecule has 0 aromatic heterocycles. The van der Waals surface area contributed by atoms with E-state index in [2.05, 4.69) is 19.8 Å². The average molecular weight is 698 g/mol. The van der Waals surface area contributed by atoms with Crippen LogP contribution in [0.15, 0.2) is 70.0 Å². The molecule has 0 radical (unpaired) electrons. The van der Waals surface area contributed by atoms with Gasteiger partial charge in [0.2, 0.25) is 10.0 Å². The van der Waals surface area contributed by atoms with Gasteiger partial charge < -0.3 is 10.1 Å². The predicted molar refractivity (Wildman–Crippen MR) is 179 cm³/mol. The number of nitrogens with zero attached hydrogens (tertiary/aromatic N) is 2. The van der Waals surface area contributed by atoms with Gasteiger partial charge in [0.15, 0.2) is 11.6 Å². The standard InChI is InChI=1S/C32H35N5O9S2/c1-31(2,3)14-15-32(33-18-19-16-21(37(40)41)11-13-25(19)46-4)23-9-7-6-8-22(23)28(38)27(29(32)39)30-34-24-12-10-20(35-47(5,42)43)17-26(24)48(44,45)36-30/h6-13,16-17,27,33,35H,14-15,18H2,1-5H3,(H,34,36). The minimum atomic E-state index is -4.51. The molecular formula is C32H35N5O9S2. The molecule has 254 valence electrons. The third kappa shape index (κ3) is 6.81. The molecule has 0 fully saturated rings. The average Bonchev–Trinajstić information content (AvgIpc) is 2.99. The second-order valence-corrected chi connectivity index (χ2v) is 16.3. The van der Waals surface area contributed by atoms with Crippen LogP contribution in [0.1, 0.15) is 55.1 Å². The number of ketones is 2. The predicted octanol–water partition coefficient (Wildman–Crippen LogP) is 4.38. The van der Waals surface area contributed by atoms with Crippen molar-refractivity contribution in [3.63, 3.8) is 0 Å². The van der Waals surface area contributed by atoms with Gasteiger partial charge in [-0.05, 0) is 48.1 Å². The minimum absolute atomic E-state index is 0.00749. The summed E-state index contributed by atoms with van der Waals surface area (Å²) in [5.74, 6) is -3.03. The number of nitro benzene ring substituents is 1. The molecule has 14 nitrogen and oxygen atoms in total. The number of ether oxygens (including phenoxy) is 1. The normalized spacial score (nSPS) is 20.2. The van der Waals surface area contributed by atoms with Crippen LogP contribution in [0.25, 0.3) is 0 Å². The smallest absolute Gasteiger partial charge is 0.286 e. The molecule has 1 aliphatic heterocycles. The summed E-state index contributed by atoms with van der Waals surface area (Å²) in [6, 6.07) is 14.4. The molecule has 3 aromatic carbocycles. The number of carbonyl (C=O) groups excluding carboxylic acids is 2. The number of sulfonamides is 2. The number of anilines is 2. The van der Waals surface area contributed by atoms with Crippen molar-refractivity contribution in [2.45, 2.75) is 50.6 Å². The molecule has 3 aromatic rings. The lowest BCUT2D eigenvalue weighted by atomic mass is 9.66. The summed E-state index contributed by atoms with van der Waals surface area (Å²) in [6.07, 6.45) is 1.59. The molecule has 0 saturated carbocycles.